The highest BCUT2D eigenvalue weighted by atomic mass is 16.2. The molecular weight excluding hydrogens is 268 g/mol. The van der Waals surface area contributed by atoms with Crippen LogP contribution in [0.5, 0.6) is 0 Å². The van der Waals surface area contributed by atoms with Gasteiger partial charge in [0.15, 0.2) is 6.29 Å². The molecule has 6 heteroatoms. The first-order valence-corrected chi connectivity index (χ1v) is 6.83. The molecule has 1 heterocycles. The van der Waals surface area contributed by atoms with Crippen molar-refractivity contribution >= 4 is 17.9 Å². The minimum atomic E-state index is -0.544. The largest absolute Gasteiger partial charge is 0.324 e. The number of aromatic nitrogens is 3. The fourth-order valence-electron chi connectivity index (χ4n) is 2.01. The maximum Gasteiger partial charge on any atom is 0.249 e. The molecule has 1 amide bonds. The van der Waals surface area contributed by atoms with Crippen molar-refractivity contribution in [2.24, 2.45) is 0 Å². The lowest BCUT2D eigenvalue weighted by molar-refractivity contribution is -0.119. The SMILES string of the molecule is CCc1ccc(NC(=O)C(C)n2nnc(C=O)c2C)cc1. The van der Waals surface area contributed by atoms with Gasteiger partial charge in [0, 0.05) is 5.69 Å². The van der Waals surface area contributed by atoms with Gasteiger partial charge in [-0.3, -0.25) is 9.59 Å². The highest BCUT2D eigenvalue weighted by molar-refractivity contribution is 5.93. The van der Waals surface area contributed by atoms with Crippen LogP contribution < -0.4 is 5.32 Å². The van der Waals surface area contributed by atoms with Gasteiger partial charge in [-0.25, -0.2) is 4.68 Å². The topological polar surface area (TPSA) is 76.9 Å². The van der Waals surface area contributed by atoms with Crippen LogP contribution in [0.3, 0.4) is 0 Å². The molecule has 1 atom stereocenters. The second-order valence-electron chi connectivity index (χ2n) is 4.84. The van der Waals surface area contributed by atoms with Crippen LogP contribution in [0.25, 0.3) is 0 Å². The second-order valence-corrected chi connectivity index (χ2v) is 4.84. The van der Waals surface area contributed by atoms with Crippen LogP contribution in [-0.4, -0.2) is 27.2 Å². The molecule has 0 radical (unpaired) electrons. The lowest BCUT2D eigenvalue weighted by Crippen LogP contribution is -2.25. The van der Waals surface area contributed by atoms with E-state index in [4.69, 9.17) is 0 Å². The molecule has 0 aliphatic rings. The number of benzene rings is 1. The van der Waals surface area contributed by atoms with Crippen molar-refractivity contribution in [1.29, 1.82) is 0 Å². The van der Waals surface area contributed by atoms with E-state index in [-0.39, 0.29) is 11.6 Å². The van der Waals surface area contributed by atoms with Crippen molar-refractivity contribution in [3.05, 3.63) is 41.2 Å². The highest BCUT2D eigenvalue weighted by Gasteiger charge is 2.20. The number of amides is 1. The van der Waals surface area contributed by atoms with Gasteiger partial charge in [0.2, 0.25) is 5.91 Å². The summed E-state index contributed by atoms with van der Waals surface area (Å²) in [6.45, 7) is 5.50. The van der Waals surface area contributed by atoms with Gasteiger partial charge in [0.1, 0.15) is 11.7 Å². The standard InChI is InChI=1S/C15H18N4O2/c1-4-12-5-7-13(8-6-12)16-15(21)11(3)19-10(2)14(9-20)17-18-19/h5-9,11H,4H2,1-3H3,(H,16,21). The molecule has 0 spiro atoms. The number of rotatable bonds is 5. The van der Waals surface area contributed by atoms with E-state index in [1.54, 1.807) is 13.8 Å². The third-order valence-electron chi connectivity index (χ3n) is 3.45. The summed E-state index contributed by atoms with van der Waals surface area (Å²) in [6, 6.07) is 7.15. The molecule has 0 fully saturated rings. The zero-order valence-corrected chi connectivity index (χ0v) is 12.3. The van der Waals surface area contributed by atoms with Crippen molar-refractivity contribution < 1.29 is 9.59 Å². The molecule has 0 aliphatic heterocycles. The Morgan fingerprint density at radius 2 is 2.05 bits per heavy atom. The first-order chi connectivity index (χ1) is 10.1. The van der Waals surface area contributed by atoms with E-state index in [2.05, 4.69) is 22.6 Å². The Bertz CT molecular complexity index is 646. The van der Waals surface area contributed by atoms with E-state index in [0.717, 1.165) is 12.1 Å². The summed E-state index contributed by atoms with van der Waals surface area (Å²) in [5.74, 6) is -0.204. The fourth-order valence-corrected chi connectivity index (χ4v) is 2.01. The molecule has 21 heavy (non-hydrogen) atoms. The van der Waals surface area contributed by atoms with Crippen molar-refractivity contribution in [3.63, 3.8) is 0 Å². The molecule has 0 aliphatic carbocycles. The van der Waals surface area contributed by atoms with Gasteiger partial charge in [0.25, 0.3) is 0 Å². The van der Waals surface area contributed by atoms with E-state index in [9.17, 15) is 9.59 Å². The molecule has 0 saturated heterocycles. The average molecular weight is 286 g/mol. The number of nitrogens with one attached hydrogen (secondary N) is 1. The number of anilines is 1. The normalized spacial score (nSPS) is 12.0. The zero-order chi connectivity index (χ0) is 15.4. The number of nitrogens with zero attached hydrogens (tertiary/aromatic N) is 3. The van der Waals surface area contributed by atoms with Gasteiger partial charge in [-0.05, 0) is 38.0 Å². The third-order valence-corrected chi connectivity index (χ3v) is 3.45. The fraction of sp³-hybridized carbons (Fsp3) is 0.333. The smallest absolute Gasteiger partial charge is 0.249 e. The molecule has 6 nitrogen and oxygen atoms in total. The zero-order valence-electron chi connectivity index (χ0n) is 12.3. The molecule has 1 aromatic carbocycles. The molecule has 0 saturated carbocycles. The van der Waals surface area contributed by atoms with Crippen LogP contribution in [0.2, 0.25) is 0 Å². The van der Waals surface area contributed by atoms with E-state index < -0.39 is 6.04 Å². The van der Waals surface area contributed by atoms with E-state index in [0.29, 0.717) is 12.0 Å². The number of hydrogen-bond donors (Lipinski definition) is 1. The van der Waals surface area contributed by atoms with E-state index >= 15 is 0 Å². The van der Waals surface area contributed by atoms with Crippen LogP contribution >= 0.6 is 0 Å². The van der Waals surface area contributed by atoms with Crippen LogP contribution in [-0.2, 0) is 11.2 Å². The highest BCUT2D eigenvalue weighted by Crippen LogP contribution is 2.15. The molecule has 2 aromatic rings. The van der Waals surface area contributed by atoms with Crippen LogP contribution in [0, 0.1) is 6.92 Å². The molecule has 1 unspecified atom stereocenters. The lowest BCUT2D eigenvalue weighted by Gasteiger charge is -2.13. The summed E-state index contributed by atoms with van der Waals surface area (Å²) in [7, 11) is 0. The van der Waals surface area contributed by atoms with Crippen LogP contribution in [0.4, 0.5) is 5.69 Å². The number of aryl methyl sites for hydroxylation is 1. The number of carbonyl (C=O) groups excluding carboxylic acids is 2. The predicted octanol–water partition coefficient (Wildman–Crippen LogP) is 2.16. The minimum absolute atomic E-state index is 0.204. The Morgan fingerprint density at radius 1 is 1.38 bits per heavy atom. The maximum atomic E-state index is 12.2. The molecule has 0 bridgehead atoms. The predicted molar refractivity (Wildman–Crippen MR) is 79.3 cm³/mol. The Morgan fingerprint density at radius 3 is 2.57 bits per heavy atom. The van der Waals surface area contributed by atoms with Gasteiger partial charge >= 0.3 is 0 Å². The van der Waals surface area contributed by atoms with Crippen LogP contribution in [0.15, 0.2) is 24.3 Å². The number of aldehydes is 1. The molecule has 2 rings (SSSR count). The number of carbonyl (C=O) groups is 2. The third kappa shape index (κ3) is 3.16. The second kappa shape index (κ2) is 6.30. The number of hydrogen-bond acceptors (Lipinski definition) is 4. The first-order valence-electron chi connectivity index (χ1n) is 6.83. The summed E-state index contributed by atoms with van der Waals surface area (Å²) in [6.07, 6.45) is 1.59. The van der Waals surface area contributed by atoms with E-state index in [1.807, 2.05) is 24.3 Å². The van der Waals surface area contributed by atoms with Gasteiger partial charge in [-0.1, -0.05) is 24.3 Å². The molecule has 1 N–H and O–H groups in total. The summed E-state index contributed by atoms with van der Waals surface area (Å²) in [5, 5.41) is 10.4. The van der Waals surface area contributed by atoms with Crippen molar-refractivity contribution in [3.8, 4) is 0 Å². The van der Waals surface area contributed by atoms with Crippen molar-refractivity contribution in [2.45, 2.75) is 33.2 Å². The summed E-state index contributed by atoms with van der Waals surface area (Å²) < 4.78 is 1.44. The Hall–Kier alpha value is -2.50. The summed E-state index contributed by atoms with van der Waals surface area (Å²) in [4.78, 5) is 23.0. The lowest BCUT2D eigenvalue weighted by atomic mass is 10.1. The van der Waals surface area contributed by atoms with E-state index in [1.165, 1.54) is 10.2 Å². The molecule has 110 valence electrons. The van der Waals surface area contributed by atoms with Gasteiger partial charge in [-0.2, -0.15) is 0 Å². The van der Waals surface area contributed by atoms with Crippen LogP contribution in [0.1, 0.15) is 41.6 Å². The Labute approximate surface area is 123 Å². The average Bonchev–Trinajstić information content (AvgIpc) is 2.88. The van der Waals surface area contributed by atoms with Gasteiger partial charge in [0.05, 0.1) is 5.69 Å². The van der Waals surface area contributed by atoms with Gasteiger partial charge < -0.3 is 5.32 Å². The molecular formula is C15H18N4O2. The quantitative estimate of drug-likeness (QED) is 0.854. The summed E-state index contributed by atoms with van der Waals surface area (Å²) in [5.41, 5.74) is 2.78. The monoisotopic (exact) mass is 286 g/mol. The van der Waals surface area contributed by atoms with Gasteiger partial charge in [-0.15, -0.1) is 5.10 Å². The maximum absolute atomic E-state index is 12.2. The summed E-state index contributed by atoms with van der Waals surface area (Å²) >= 11 is 0. The minimum Gasteiger partial charge on any atom is -0.324 e. The Kier molecular flexibility index (Phi) is 4.47. The Balaban J connectivity index is 2.11. The first kappa shape index (κ1) is 14.9. The molecule has 1 aromatic heterocycles. The van der Waals surface area contributed by atoms with Crippen molar-refractivity contribution in [2.75, 3.05) is 5.32 Å². The van der Waals surface area contributed by atoms with Crippen molar-refractivity contribution in [1.82, 2.24) is 15.0 Å².